The maximum atomic E-state index is 11.7. The average molecular weight is 356 g/mol. The SMILES string of the molecule is CC(=NNC(=O)C(=O)Nc1cccc(Cl)c1)c1ccc(Cl)s1. The van der Waals surface area contributed by atoms with Gasteiger partial charge in [0.1, 0.15) is 0 Å². The van der Waals surface area contributed by atoms with Gasteiger partial charge in [0.2, 0.25) is 0 Å². The van der Waals surface area contributed by atoms with Gasteiger partial charge in [-0.25, -0.2) is 5.43 Å². The van der Waals surface area contributed by atoms with Crippen LogP contribution in [0.15, 0.2) is 41.5 Å². The molecule has 114 valence electrons. The van der Waals surface area contributed by atoms with Crippen molar-refractivity contribution >= 4 is 57.8 Å². The Labute approximate surface area is 140 Å². The Morgan fingerprint density at radius 2 is 1.91 bits per heavy atom. The molecule has 0 aliphatic heterocycles. The van der Waals surface area contributed by atoms with Crippen LogP contribution in [0.2, 0.25) is 9.36 Å². The van der Waals surface area contributed by atoms with E-state index in [2.05, 4.69) is 15.8 Å². The fourth-order valence-corrected chi connectivity index (χ4v) is 2.68. The zero-order valence-electron chi connectivity index (χ0n) is 11.4. The van der Waals surface area contributed by atoms with E-state index >= 15 is 0 Å². The van der Waals surface area contributed by atoms with Gasteiger partial charge in [-0.1, -0.05) is 29.3 Å². The van der Waals surface area contributed by atoms with Crippen LogP contribution >= 0.6 is 34.5 Å². The summed E-state index contributed by atoms with van der Waals surface area (Å²) < 4.78 is 0.620. The van der Waals surface area contributed by atoms with Crippen LogP contribution in [0.1, 0.15) is 11.8 Å². The first-order chi connectivity index (χ1) is 10.5. The van der Waals surface area contributed by atoms with Crippen molar-refractivity contribution in [2.45, 2.75) is 6.92 Å². The highest BCUT2D eigenvalue weighted by Crippen LogP contribution is 2.21. The van der Waals surface area contributed by atoms with Gasteiger partial charge in [-0.05, 0) is 37.3 Å². The number of nitrogens with one attached hydrogen (secondary N) is 2. The first-order valence-electron chi connectivity index (χ1n) is 6.12. The second kappa shape index (κ2) is 7.40. The van der Waals surface area contributed by atoms with Crippen LogP contribution in [-0.4, -0.2) is 17.5 Å². The highest BCUT2D eigenvalue weighted by molar-refractivity contribution is 7.18. The molecule has 0 bridgehead atoms. The van der Waals surface area contributed by atoms with Crippen molar-refractivity contribution in [3.8, 4) is 0 Å². The summed E-state index contributed by atoms with van der Waals surface area (Å²) in [5.74, 6) is -1.70. The third-order valence-electron chi connectivity index (χ3n) is 2.54. The van der Waals surface area contributed by atoms with E-state index in [1.165, 1.54) is 17.4 Å². The van der Waals surface area contributed by atoms with Crippen LogP contribution in [0.3, 0.4) is 0 Å². The lowest BCUT2D eigenvalue weighted by atomic mass is 10.3. The van der Waals surface area contributed by atoms with Crippen LogP contribution in [0, 0.1) is 0 Å². The van der Waals surface area contributed by atoms with E-state index in [-0.39, 0.29) is 0 Å². The molecule has 0 saturated heterocycles. The Bertz CT molecular complexity index is 743. The van der Waals surface area contributed by atoms with Crippen molar-refractivity contribution in [2.75, 3.05) is 5.32 Å². The molecule has 1 aromatic carbocycles. The number of hydrazone groups is 1. The van der Waals surface area contributed by atoms with E-state index in [0.29, 0.717) is 20.8 Å². The molecule has 0 atom stereocenters. The molecule has 1 heterocycles. The lowest BCUT2D eigenvalue weighted by Crippen LogP contribution is -2.32. The fraction of sp³-hybridized carbons (Fsp3) is 0.0714. The average Bonchev–Trinajstić information content (AvgIpc) is 2.91. The van der Waals surface area contributed by atoms with Crippen molar-refractivity contribution in [3.05, 3.63) is 50.6 Å². The number of carbonyl (C=O) groups is 2. The summed E-state index contributed by atoms with van der Waals surface area (Å²) >= 11 is 12.9. The van der Waals surface area contributed by atoms with Gasteiger partial charge >= 0.3 is 11.8 Å². The van der Waals surface area contributed by atoms with Gasteiger partial charge < -0.3 is 5.32 Å². The number of nitrogens with zero attached hydrogens (tertiary/aromatic N) is 1. The first kappa shape index (κ1) is 16.5. The second-order valence-corrected chi connectivity index (χ2v) is 6.36. The van der Waals surface area contributed by atoms with Crippen LogP contribution in [0.4, 0.5) is 5.69 Å². The molecule has 0 aliphatic rings. The number of rotatable bonds is 3. The predicted molar refractivity (Wildman–Crippen MR) is 89.8 cm³/mol. The summed E-state index contributed by atoms with van der Waals surface area (Å²) in [7, 11) is 0. The number of amides is 2. The topological polar surface area (TPSA) is 70.6 Å². The van der Waals surface area contributed by atoms with Crippen molar-refractivity contribution in [1.82, 2.24) is 5.43 Å². The molecule has 0 aliphatic carbocycles. The Balaban J connectivity index is 1.95. The maximum absolute atomic E-state index is 11.7. The number of carbonyl (C=O) groups excluding carboxylic acids is 2. The summed E-state index contributed by atoms with van der Waals surface area (Å²) in [6.45, 7) is 1.71. The minimum absolute atomic E-state index is 0.429. The Morgan fingerprint density at radius 1 is 1.14 bits per heavy atom. The van der Waals surface area contributed by atoms with E-state index in [1.54, 1.807) is 37.3 Å². The fourth-order valence-electron chi connectivity index (χ4n) is 1.50. The minimum atomic E-state index is -0.873. The normalized spacial score (nSPS) is 11.1. The molecule has 0 spiro atoms. The van der Waals surface area contributed by atoms with Gasteiger partial charge in [-0.2, -0.15) is 5.10 Å². The molecule has 2 amide bonds. The number of hydrogen-bond donors (Lipinski definition) is 2. The van der Waals surface area contributed by atoms with Crippen molar-refractivity contribution < 1.29 is 9.59 Å². The van der Waals surface area contributed by atoms with Gasteiger partial charge in [-0.15, -0.1) is 11.3 Å². The summed E-state index contributed by atoms with van der Waals surface area (Å²) in [6, 6.07) is 10.0. The van der Waals surface area contributed by atoms with Gasteiger partial charge in [0.05, 0.1) is 14.9 Å². The Morgan fingerprint density at radius 3 is 2.55 bits per heavy atom. The number of halogens is 2. The predicted octanol–water partition coefficient (Wildman–Crippen LogP) is 3.53. The third kappa shape index (κ3) is 4.56. The maximum Gasteiger partial charge on any atom is 0.329 e. The van der Waals surface area contributed by atoms with Crippen LogP contribution in [0.5, 0.6) is 0 Å². The zero-order valence-corrected chi connectivity index (χ0v) is 13.7. The molecule has 0 unspecified atom stereocenters. The summed E-state index contributed by atoms with van der Waals surface area (Å²) in [5.41, 5.74) is 3.18. The molecular formula is C14H11Cl2N3O2S. The second-order valence-electron chi connectivity index (χ2n) is 4.21. The highest BCUT2D eigenvalue weighted by atomic mass is 35.5. The molecule has 2 rings (SSSR count). The summed E-state index contributed by atoms with van der Waals surface area (Å²) in [6.07, 6.45) is 0. The molecule has 8 heteroatoms. The quantitative estimate of drug-likeness (QED) is 0.502. The lowest BCUT2D eigenvalue weighted by molar-refractivity contribution is -0.136. The van der Waals surface area contributed by atoms with E-state index < -0.39 is 11.8 Å². The number of benzene rings is 1. The van der Waals surface area contributed by atoms with E-state index in [4.69, 9.17) is 23.2 Å². The van der Waals surface area contributed by atoms with Gasteiger partial charge in [0.25, 0.3) is 0 Å². The van der Waals surface area contributed by atoms with Crippen LogP contribution in [0.25, 0.3) is 0 Å². The zero-order chi connectivity index (χ0) is 16.1. The molecule has 1 aromatic heterocycles. The molecule has 0 radical (unpaired) electrons. The van der Waals surface area contributed by atoms with Crippen LogP contribution in [-0.2, 0) is 9.59 Å². The molecule has 5 nitrogen and oxygen atoms in total. The van der Waals surface area contributed by atoms with Gasteiger partial charge in [-0.3, -0.25) is 9.59 Å². The minimum Gasteiger partial charge on any atom is -0.318 e. The number of thiophene rings is 1. The van der Waals surface area contributed by atoms with E-state index in [9.17, 15) is 9.59 Å². The molecule has 2 N–H and O–H groups in total. The molecule has 22 heavy (non-hydrogen) atoms. The first-order valence-corrected chi connectivity index (χ1v) is 7.70. The van der Waals surface area contributed by atoms with E-state index in [0.717, 1.165) is 4.88 Å². The van der Waals surface area contributed by atoms with Crippen molar-refractivity contribution in [2.24, 2.45) is 5.10 Å². The Kier molecular flexibility index (Phi) is 5.54. The molecule has 2 aromatic rings. The standard InChI is InChI=1S/C14H11Cl2N3O2S/c1-8(11-5-6-12(16)22-11)18-19-14(21)13(20)17-10-4-2-3-9(15)7-10/h2-7H,1H3,(H,17,20)(H,19,21). The molecule has 0 saturated carbocycles. The van der Waals surface area contributed by atoms with E-state index in [1.807, 2.05) is 0 Å². The highest BCUT2D eigenvalue weighted by Gasteiger charge is 2.13. The summed E-state index contributed by atoms with van der Waals surface area (Å²) in [4.78, 5) is 24.2. The molecule has 0 fully saturated rings. The molecular weight excluding hydrogens is 345 g/mol. The van der Waals surface area contributed by atoms with Crippen LogP contribution < -0.4 is 10.7 Å². The number of anilines is 1. The number of hydrogen-bond acceptors (Lipinski definition) is 4. The van der Waals surface area contributed by atoms with Gasteiger partial charge in [0, 0.05) is 10.7 Å². The Hall–Kier alpha value is -1.89. The van der Waals surface area contributed by atoms with Crippen molar-refractivity contribution in [1.29, 1.82) is 0 Å². The van der Waals surface area contributed by atoms with Gasteiger partial charge in [0.15, 0.2) is 0 Å². The van der Waals surface area contributed by atoms with Crippen molar-refractivity contribution in [3.63, 3.8) is 0 Å². The smallest absolute Gasteiger partial charge is 0.318 e. The monoisotopic (exact) mass is 355 g/mol. The summed E-state index contributed by atoms with van der Waals surface area (Å²) in [5, 5.41) is 6.76. The largest absolute Gasteiger partial charge is 0.329 e. The lowest BCUT2D eigenvalue weighted by Gasteiger charge is -2.04. The third-order valence-corrected chi connectivity index (χ3v) is 4.12.